The molecule has 3 rings (SSSR count). The van der Waals surface area contributed by atoms with E-state index in [0.717, 1.165) is 56.2 Å². The van der Waals surface area contributed by atoms with Gasteiger partial charge >= 0.3 is 6.03 Å². The second kappa shape index (κ2) is 9.20. The van der Waals surface area contributed by atoms with E-state index in [1.807, 2.05) is 0 Å². The van der Waals surface area contributed by atoms with Gasteiger partial charge in [-0.05, 0) is 44.4 Å². The molecule has 25 heavy (non-hydrogen) atoms. The van der Waals surface area contributed by atoms with Crippen LogP contribution >= 0.6 is 0 Å². The van der Waals surface area contributed by atoms with Gasteiger partial charge in [-0.25, -0.2) is 4.79 Å². The lowest BCUT2D eigenvalue weighted by atomic mass is 10.0. The Morgan fingerprint density at radius 2 is 2.04 bits per heavy atom. The van der Waals surface area contributed by atoms with Crippen LogP contribution in [-0.2, 0) is 19.4 Å². The Balaban J connectivity index is 1.36. The van der Waals surface area contributed by atoms with E-state index in [9.17, 15) is 4.79 Å². The summed E-state index contributed by atoms with van der Waals surface area (Å²) in [4.78, 5) is 12.1. The van der Waals surface area contributed by atoms with Crippen LogP contribution in [-0.4, -0.2) is 33.4 Å². The summed E-state index contributed by atoms with van der Waals surface area (Å²) in [6.07, 6.45) is 12.5. The van der Waals surface area contributed by atoms with E-state index in [1.165, 1.54) is 38.5 Å². The van der Waals surface area contributed by atoms with Gasteiger partial charge in [0.15, 0.2) is 0 Å². The van der Waals surface area contributed by atoms with Gasteiger partial charge in [-0.3, -0.25) is 0 Å². The Labute approximate surface area is 151 Å². The molecule has 0 spiro atoms. The topological polar surface area (TPSA) is 71.8 Å². The number of rotatable bonds is 5. The molecule has 2 N–H and O–H groups in total. The minimum atomic E-state index is -0.0142. The van der Waals surface area contributed by atoms with Crippen LogP contribution in [0.25, 0.3) is 0 Å². The number of urea groups is 1. The Morgan fingerprint density at radius 3 is 2.96 bits per heavy atom. The fraction of sp³-hybridized carbons (Fsp3) is 0.842. The summed E-state index contributed by atoms with van der Waals surface area (Å²) in [7, 11) is 0. The average Bonchev–Trinajstić information content (AvgIpc) is 2.77. The predicted octanol–water partition coefficient (Wildman–Crippen LogP) is 3.21. The van der Waals surface area contributed by atoms with Gasteiger partial charge < -0.3 is 15.2 Å². The van der Waals surface area contributed by atoms with Crippen molar-refractivity contribution < 1.29 is 4.79 Å². The molecule has 1 saturated carbocycles. The van der Waals surface area contributed by atoms with Crippen molar-refractivity contribution in [1.29, 1.82) is 0 Å². The number of aromatic nitrogens is 3. The van der Waals surface area contributed by atoms with Crippen LogP contribution in [0.2, 0.25) is 0 Å². The van der Waals surface area contributed by atoms with Crippen LogP contribution in [0, 0.1) is 5.92 Å². The number of fused-ring (bicyclic) bond motifs is 1. The fourth-order valence-corrected chi connectivity index (χ4v) is 4.05. The summed E-state index contributed by atoms with van der Waals surface area (Å²) in [6, 6.07) is 0.330. The largest absolute Gasteiger partial charge is 0.338 e. The maximum Gasteiger partial charge on any atom is 0.315 e. The van der Waals surface area contributed by atoms with E-state index in [4.69, 9.17) is 0 Å². The number of carbonyl (C=O) groups excluding carboxylic acids is 1. The van der Waals surface area contributed by atoms with Crippen LogP contribution in [0.3, 0.4) is 0 Å². The van der Waals surface area contributed by atoms with Gasteiger partial charge in [0.1, 0.15) is 11.6 Å². The van der Waals surface area contributed by atoms with Gasteiger partial charge in [0.2, 0.25) is 0 Å². The Hall–Kier alpha value is -1.59. The predicted molar refractivity (Wildman–Crippen MR) is 98.5 cm³/mol. The maximum absolute atomic E-state index is 12.1. The first kappa shape index (κ1) is 18.2. The van der Waals surface area contributed by atoms with Crippen molar-refractivity contribution in [3.8, 4) is 0 Å². The Kier molecular flexibility index (Phi) is 6.70. The van der Waals surface area contributed by atoms with Crippen molar-refractivity contribution in [2.45, 2.75) is 90.1 Å². The minimum absolute atomic E-state index is 0.0142. The fourth-order valence-electron chi connectivity index (χ4n) is 4.05. The molecular formula is C19H33N5O. The molecule has 6 nitrogen and oxygen atoms in total. The van der Waals surface area contributed by atoms with Crippen molar-refractivity contribution in [2.75, 3.05) is 6.54 Å². The molecule has 0 aromatic carbocycles. The van der Waals surface area contributed by atoms with Crippen LogP contribution in [0.4, 0.5) is 4.79 Å². The van der Waals surface area contributed by atoms with Gasteiger partial charge in [-0.2, -0.15) is 0 Å². The highest BCUT2D eigenvalue weighted by Crippen LogP contribution is 2.22. The molecule has 6 heteroatoms. The quantitative estimate of drug-likeness (QED) is 0.634. The monoisotopic (exact) mass is 347 g/mol. The standard InChI is InChI=1S/C19H33N5O/c1-15-7-5-8-16(12-11-15)21-19(25)20-13-6-10-18-23-22-17-9-3-2-4-14-24(17)18/h15-16H,2-14H2,1H3,(H2,20,21,25). The normalized spacial score (nSPS) is 24.0. The van der Waals surface area contributed by atoms with E-state index in [-0.39, 0.29) is 6.03 Å². The molecule has 2 aliphatic rings. The summed E-state index contributed by atoms with van der Waals surface area (Å²) < 4.78 is 2.29. The number of hydrogen-bond donors (Lipinski definition) is 2. The molecule has 0 saturated heterocycles. The summed E-state index contributed by atoms with van der Waals surface area (Å²) in [5.41, 5.74) is 0. The van der Waals surface area contributed by atoms with E-state index >= 15 is 0 Å². The highest BCUT2D eigenvalue weighted by atomic mass is 16.2. The molecule has 2 amide bonds. The highest BCUT2D eigenvalue weighted by molar-refractivity contribution is 5.74. The first-order chi connectivity index (χ1) is 12.2. The molecule has 1 aromatic rings. The summed E-state index contributed by atoms with van der Waals surface area (Å²) >= 11 is 0. The molecule has 1 aliphatic carbocycles. The first-order valence-electron chi connectivity index (χ1n) is 10.2. The van der Waals surface area contributed by atoms with E-state index in [1.54, 1.807) is 0 Å². The highest BCUT2D eigenvalue weighted by Gasteiger charge is 2.18. The maximum atomic E-state index is 12.1. The second-order valence-corrected chi connectivity index (χ2v) is 7.81. The van der Waals surface area contributed by atoms with Gasteiger partial charge in [-0.15, -0.1) is 10.2 Å². The Morgan fingerprint density at radius 1 is 1.12 bits per heavy atom. The van der Waals surface area contributed by atoms with Crippen LogP contribution in [0.5, 0.6) is 0 Å². The molecule has 2 unspecified atom stereocenters. The number of aryl methyl sites for hydroxylation is 2. The molecule has 140 valence electrons. The minimum Gasteiger partial charge on any atom is -0.338 e. The van der Waals surface area contributed by atoms with Crippen LogP contribution in [0.15, 0.2) is 0 Å². The molecule has 0 bridgehead atoms. The van der Waals surface area contributed by atoms with E-state index < -0.39 is 0 Å². The summed E-state index contributed by atoms with van der Waals surface area (Å²) in [5, 5.41) is 14.8. The first-order valence-corrected chi connectivity index (χ1v) is 10.2. The lowest BCUT2D eigenvalue weighted by molar-refractivity contribution is 0.235. The van der Waals surface area contributed by atoms with E-state index in [2.05, 4.69) is 32.3 Å². The second-order valence-electron chi connectivity index (χ2n) is 7.81. The summed E-state index contributed by atoms with van der Waals surface area (Å²) in [6.45, 7) is 4.05. The smallest absolute Gasteiger partial charge is 0.315 e. The third-order valence-corrected chi connectivity index (χ3v) is 5.64. The van der Waals surface area contributed by atoms with Gasteiger partial charge in [-0.1, -0.05) is 26.2 Å². The van der Waals surface area contributed by atoms with Gasteiger partial charge in [0.25, 0.3) is 0 Å². The third-order valence-electron chi connectivity index (χ3n) is 5.64. The Bertz CT molecular complexity index is 556. The number of amides is 2. The summed E-state index contributed by atoms with van der Waals surface area (Å²) in [5.74, 6) is 3.02. The van der Waals surface area contributed by atoms with Gasteiger partial charge in [0.05, 0.1) is 0 Å². The SMILES string of the molecule is CC1CCCC(NC(=O)NCCCc2nnc3n2CCCCC3)CC1. The van der Waals surface area contributed by atoms with Crippen LogP contribution in [0.1, 0.15) is 76.4 Å². The van der Waals surface area contributed by atoms with E-state index in [0.29, 0.717) is 12.6 Å². The molecule has 2 heterocycles. The molecule has 1 fully saturated rings. The number of hydrogen-bond acceptors (Lipinski definition) is 3. The lowest BCUT2D eigenvalue weighted by Crippen LogP contribution is -2.42. The van der Waals surface area contributed by atoms with Crippen molar-refractivity contribution in [2.24, 2.45) is 5.92 Å². The number of carbonyl (C=O) groups is 1. The average molecular weight is 348 g/mol. The number of nitrogens with zero attached hydrogens (tertiary/aromatic N) is 3. The molecule has 1 aliphatic heterocycles. The molecule has 2 atom stereocenters. The third kappa shape index (κ3) is 5.44. The van der Waals surface area contributed by atoms with Crippen molar-refractivity contribution in [1.82, 2.24) is 25.4 Å². The molecule has 1 aromatic heterocycles. The molecular weight excluding hydrogens is 314 g/mol. The lowest BCUT2D eigenvalue weighted by Gasteiger charge is -2.17. The van der Waals surface area contributed by atoms with Crippen molar-refractivity contribution in [3.05, 3.63) is 11.6 Å². The number of nitrogens with one attached hydrogen (secondary N) is 2. The zero-order valence-corrected chi connectivity index (χ0v) is 15.6. The van der Waals surface area contributed by atoms with Crippen molar-refractivity contribution >= 4 is 6.03 Å². The van der Waals surface area contributed by atoms with Crippen LogP contribution < -0.4 is 10.6 Å². The zero-order chi connectivity index (χ0) is 17.5. The van der Waals surface area contributed by atoms with Gasteiger partial charge in [0, 0.05) is 32.0 Å². The van der Waals surface area contributed by atoms with Crippen molar-refractivity contribution in [3.63, 3.8) is 0 Å². The molecule has 0 radical (unpaired) electrons. The zero-order valence-electron chi connectivity index (χ0n) is 15.6.